The van der Waals surface area contributed by atoms with Crippen LogP contribution in [0.2, 0.25) is 10.0 Å². The molecular weight excluding hydrogens is 321 g/mol. The lowest BCUT2D eigenvalue weighted by molar-refractivity contribution is 0.281. The lowest BCUT2D eigenvalue weighted by Gasteiger charge is -2.31. The van der Waals surface area contributed by atoms with Crippen LogP contribution < -0.4 is 0 Å². The molecule has 112 valence electrons. The second-order valence-electron chi connectivity index (χ2n) is 5.53. The van der Waals surface area contributed by atoms with E-state index in [0.717, 1.165) is 12.8 Å². The number of rotatable bonds is 3. The highest BCUT2D eigenvalue weighted by Crippen LogP contribution is 2.37. The van der Waals surface area contributed by atoms with Crippen molar-refractivity contribution < 1.29 is 13.5 Å². The first-order chi connectivity index (χ1) is 9.20. The van der Waals surface area contributed by atoms with E-state index in [1.165, 1.54) is 16.4 Å². The summed E-state index contributed by atoms with van der Waals surface area (Å²) in [6.45, 7) is 3.94. The molecule has 7 heteroatoms. The molecule has 1 N–H and O–H groups in total. The minimum absolute atomic E-state index is 0.00240. The number of nitrogens with zero attached hydrogens (tertiary/aromatic N) is 1. The van der Waals surface area contributed by atoms with Gasteiger partial charge in [0.25, 0.3) is 0 Å². The van der Waals surface area contributed by atoms with E-state index in [1.54, 1.807) is 0 Å². The summed E-state index contributed by atoms with van der Waals surface area (Å²) in [5.41, 5.74) is -0.0760. The average molecular weight is 338 g/mol. The zero-order chi connectivity index (χ0) is 15.1. The SMILES string of the molecule is CC1(C)CCCN1S(=O)(=O)c1cc(CO)c(Cl)cc1Cl. The van der Waals surface area contributed by atoms with Gasteiger partial charge in [-0.3, -0.25) is 0 Å². The van der Waals surface area contributed by atoms with Gasteiger partial charge < -0.3 is 5.11 Å². The van der Waals surface area contributed by atoms with Crippen molar-refractivity contribution >= 4 is 33.2 Å². The predicted molar refractivity (Wildman–Crippen MR) is 79.6 cm³/mol. The van der Waals surface area contributed by atoms with Crippen molar-refractivity contribution in [1.29, 1.82) is 0 Å². The Morgan fingerprint density at radius 2 is 1.95 bits per heavy atom. The third kappa shape index (κ3) is 2.70. The molecule has 0 bridgehead atoms. The number of benzene rings is 1. The highest BCUT2D eigenvalue weighted by Gasteiger charge is 2.41. The van der Waals surface area contributed by atoms with Crippen LogP contribution in [0.15, 0.2) is 17.0 Å². The molecule has 0 aliphatic carbocycles. The maximum atomic E-state index is 12.8. The van der Waals surface area contributed by atoms with Crippen LogP contribution in [0.5, 0.6) is 0 Å². The minimum atomic E-state index is -3.69. The van der Waals surface area contributed by atoms with Crippen LogP contribution in [0, 0.1) is 0 Å². The molecular formula is C13H17Cl2NO3S. The molecule has 0 radical (unpaired) electrons. The summed E-state index contributed by atoms with van der Waals surface area (Å²) in [7, 11) is -3.69. The Kier molecular flexibility index (Phi) is 4.38. The van der Waals surface area contributed by atoms with E-state index in [0.29, 0.717) is 12.1 Å². The fraction of sp³-hybridized carbons (Fsp3) is 0.538. The monoisotopic (exact) mass is 337 g/mol. The summed E-state index contributed by atoms with van der Waals surface area (Å²) in [6.07, 6.45) is 1.63. The standard InChI is InChI=1S/C13H17Cl2NO3S/c1-13(2)4-3-5-16(13)20(18,19)12-6-9(8-17)10(14)7-11(12)15/h6-7,17H,3-5,8H2,1-2H3. The van der Waals surface area contributed by atoms with Gasteiger partial charge in [0.05, 0.1) is 11.6 Å². The highest BCUT2D eigenvalue weighted by atomic mass is 35.5. The van der Waals surface area contributed by atoms with Gasteiger partial charge in [-0.25, -0.2) is 8.42 Å². The molecule has 0 atom stereocenters. The maximum Gasteiger partial charge on any atom is 0.245 e. The van der Waals surface area contributed by atoms with Crippen LogP contribution in [0.25, 0.3) is 0 Å². The Morgan fingerprint density at radius 1 is 1.30 bits per heavy atom. The predicted octanol–water partition coefficient (Wildman–Crippen LogP) is 3.05. The number of hydrogen-bond donors (Lipinski definition) is 1. The van der Waals surface area contributed by atoms with Gasteiger partial charge in [0.2, 0.25) is 10.0 Å². The van der Waals surface area contributed by atoms with Crippen LogP contribution in [-0.4, -0.2) is 29.9 Å². The van der Waals surface area contributed by atoms with Crippen molar-refractivity contribution in [2.45, 2.75) is 43.7 Å². The Labute approximate surface area is 129 Å². The van der Waals surface area contributed by atoms with Crippen molar-refractivity contribution in [1.82, 2.24) is 4.31 Å². The molecule has 0 spiro atoms. The number of aliphatic hydroxyl groups excluding tert-OH is 1. The van der Waals surface area contributed by atoms with Crippen molar-refractivity contribution in [2.24, 2.45) is 0 Å². The van der Waals surface area contributed by atoms with Gasteiger partial charge in [0, 0.05) is 17.1 Å². The first-order valence-corrected chi connectivity index (χ1v) is 8.51. The van der Waals surface area contributed by atoms with Gasteiger partial charge in [-0.15, -0.1) is 0 Å². The summed E-state index contributed by atoms with van der Waals surface area (Å²) < 4.78 is 27.0. The van der Waals surface area contributed by atoms with Crippen LogP contribution in [0.3, 0.4) is 0 Å². The molecule has 1 aliphatic rings. The zero-order valence-electron chi connectivity index (χ0n) is 11.4. The fourth-order valence-electron chi connectivity index (χ4n) is 2.54. The smallest absolute Gasteiger partial charge is 0.245 e. The van der Waals surface area contributed by atoms with Crippen molar-refractivity contribution in [2.75, 3.05) is 6.54 Å². The summed E-state index contributed by atoms with van der Waals surface area (Å²) in [6, 6.07) is 2.72. The van der Waals surface area contributed by atoms with E-state index in [1.807, 2.05) is 13.8 Å². The lowest BCUT2D eigenvalue weighted by Crippen LogP contribution is -2.42. The quantitative estimate of drug-likeness (QED) is 0.922. The van der Waals surface area contributed by atoms with E-state index < -0.39 is 15.6 Å². The molecule has 0 amide bonds. The first kappa shape index (κ1) is 16.0. The molecule has 0 aromatic heterocycles. The van der Waals surface area contributed by atoms with Crippen LogP contribution in [0.4, 0.5) is 0 Å². The molecule has 0 unspecified atom stereocenters. The molecule has 2 rings (SSSR count). The number of sulfonamides is 1. The Hall–Kier alpha value is -0.330. The third-order valence-electron chi connectivity index (χ3n) is 3.66. The molecule has 1 aliphatic heterocycles. The molecule has 1 fully saturated rings. The summed E-state index contributed by atoms with van der Waals surface area (Å²) in [4.78, 5) is 0.00240. The van der Waals surface area contributed by atoms with E-state index in [9.17, 15) is 13.5 Å². The zero-order valence-corrected chi connectivity index (χ0v) is 13.7. The normalized spacial score (nSPS) is 19.4. The molecule has 1 aromatic rings. The largest absolute Gasteiger partial charge is 0.392 e. The highest BCUT2D eigenvalue weighted by molar-refractivity contribution is 7.89. The Bertz CT molecular complexity index is 629. The van der Waals surface area contributed by atoms with Gasteiger partial charge in [-0.05, 0) is 44.4 Å². The van der Waals surface area contributed by atoms with Crippen LogP contribution >= 0.6 is 23.2 Å². The Morgan fingerprint density at radius 3 is 2.45 bits per heavy atom. The second-order valence-corrected chi connectivity index (χ2v) is 8.17. The van der Waals surface area contributed by atoms with Gasteiger partial charge in [-0.2, -0.15) is 4.31 Å². The maximum absolute atomic E-state index is 12.8. The van der Waals surface area contributed by atoms with Crippen molar-refractivity contribution in [3.63, 3.8) is 0 Å². The third-order valence-corrected chi connectivity index (χ3v) is 6.59. The van der Waals surface area contributed by atoms with Gasteiger partial charge in [0.1, 0.15) is 4.90 Å². The van der Waals surface area contributed by atoms with Crippen LogP contribution in [-0.2, 0) is 16.6 Å². The lowest BCUT2D eigenvalue weighted by atomic mass is 10.0. The average Bonchev–Trinajstić information content (AvgIpc) is 2.69. The molecule has 0 saturated carbocycles. The summed E-state index contributed by atoms with van der Waals surface area (Å²) in [5.74, 6) is 0. The number of aliphatic hydroxyl groups is 1. The van der Waals surface area contributed by atoms with Gasteiger partial charge in [-0.1, -0.05) is 23.2 Å². The molecule has 1 aromatic carbocycles. The van der Waals surface area contributed by atoms with Crippen molar-refractivity contribution in [3.8, 4) is 0 Å². The Balaban J connectivity index is 2.55. The first-order valence-electron chi connectivity index (χ1n) is 6.32. The molecule has 20 heavy (non-hydrogen) atoms. The van der Waals surface area contributed by atoms with E-state index in [2.05, 4.69) is 0 Å². The topological polar surface area (TPSA) is 57.6 Å². The van der Waals surface area contributed by atoms with E-state index in [4.69, 9.17) is 23.2 Å². The molecule has 1 heterocycles. The number of hydrogen-bond acceptors (Lipinski definition) is 3. The second kappa shape index (κ2) is 5.46. The summed E-state index contributed by atoms with van der Waals surface area (Å²) in [5, 5.41) is 9.57. The van der Waals surface area contributed by atoms with E-state index >= 15 is 0 Å². The fourth-order valence-corrected chi connectivity index (χ4v) is 5.22. The van der Waals surface area contributed by atoms with Gasteiger partial charge >= 0.3 is 0 Å². The van der Waals surface area contributed by atoms with E-state index in [-0.39, 0.29) is 21.5 Å². The van der Waals surface area contributed by atoms with Crippen LogP contribution in [0.1, 0.15) is 32.3 Å². The molecule has 4 nitrogen and oxygen atoms in total. The summed E-state index contributed by atoms with van der Waals surface area (Å²) >= 11 is 12.0. The number of halogens is 2. The molecule has 1 saturated heterocycles. The minimum Gasteiger partial charge on any atom is -0.392 e. The van der Waals surface area contributed by atoms with Gasteiger partial charge in [0.15, 0.2) is 0 Å². The van der Waals surface area contributed by atoms with Crippen molar-refractivity contribution in [3.05, 3.63) is 27.7 Å².